The summed E-state index contributed by atoms with van der Waals surface area (Å²) in [6.45, 7) is 0. The molecule has 1 heterocycles. The smallest absolute Gasteiger partial charge is 0.326 e. The van der Waals surface area contributed by atoms with Crippen LogP contribution in [0.2, 0.25) is 15.1 Å². The van der Waals surface area contributed by atoms with Gasteiger partial charge in [0.2, 0.25) is 5.91 Å². The van der Waals surface area contributed by atoms with Crippen molar-refractivity contribution in [2.24, 2.45) is 5.92 Å². The normalized spacial score (nSPS) is 18.0. The topological polar surface area (TPSA) is 74.3 Å². The summed E-state index contributed by atoms with van der Waals surface area (Å²) < 4.78 is 37.6. The predicted molar refractivity (Wildman–Crippen MR) is 142 cm³/mol. The number of amides is 2. The molecule has 200 valence electrons. The highest BCUT2D eigenvalue weighted by atomic mass is 35.5. The lowest BCUT2D eigenvalue weighted by Crippen LogP contribution is -2.40. The first-order valence-corrected chi connectivity index (χ1v) is 12.6. The zero-order chi connectivity index (χ0) is 28.0. The number of nitrogens with zero attached hydrogens (tertiary/aromatic N) is 2. The predicted octanol–water partition coefficient (Wildman–Crippen LogP) is 7.37. The lowest BCUT2D eigenvalue weighted by atomic mass is 10.1. The molecule has 0 aliphatic heterocycles. The van der Waals surface area contributed by atoms with E-state index in [1.807, 2.05) is 0 Å². The molecule has 0 radical (unpaired) electrons. The second-order valence-electron chi connectivity index (χ2n) is 8.42. The molecule has 3 aromatic rings. The largest absolute Gasteiger partial charge is 0.416 e. The molecule has 14 heteroatoms. The molecule has 1 saturated carbocycles. The van der Waals surface area contributed by atoms with Crippen LogP contribution in [0.15, 0.2) is 54.7 Å². The lowest BCUT2D eigenvalue weighted by molar-refractivity contribution is -0.137. The van der Waals surface area contributed by atoms with Crippen molar-refractivity contribution >= 4 is 81.3 Å². The average Bonchev–Trinajstić information content (AvgIpc) is 3.41. The van der Waals surface area contributed by atoms with Crippen LogP contribution in [-0.4, -0.2) is 28.2 Å². The molecule has 38 heavy (non-hydrogen) atoms. The van der Waals surface area contributed by atoms with E-state index in [2.05, 4.69) is 15.7 Å². The van der Waals surface area contributed by atoms with Gasteiger partial charge in [-0.15, -0.1) is 23.2 Å². The highest BCUT2D eigenvalue weighted by Gasteiger charge is 2.67. The SMILES string of the molecule is CN(NC(=O)c1cc(NC(=O)[C@H]2[C@H](c3cc(Cl)cc(Cl)c3)C2(Cl)Cl)ccc1Cl)c1cc(C(F)(F)F)ccn1. The Labute approximate surface area is 239 Å². The summed E-state index contributed by atoms with van der Waals surface area (Å²) in [5, 5.41) is 4.43. The third-order valence-electron chi connectivity index (χ3n) is 5.74. The molecule has 0 saturated heterocycles. The van der Waals surface area contributed by atoms with Crippen molar-refractivity contribution < 1.29 is 22.8 Å². The van der Waals surface area contributed by atoms with Gasteiger partial charge in [0.1, 0.15) is 10.2 Å². The Morgan fingerprint density at radius 2 is 1.66 bits per heavy atom. The summed E-state index contributed by atoms with van der Waals surface area (Å²) in [5.74, 6) is -2.85. The number of aromatic nitrogens is 1. The van der Waals surface area contributed by atoms with Crippen molar-refractivity contribution in [2.75, 3.05) is 17.4 Å². The van der Waals surface area contributed by atoms with Gasteiger partial charge in [-0.2, -0.15) is 13.2 Å². The monoisotopic (exact) mass is 624 g/mol. The van der Waals surface area contributed by atoms with Crippen LogP contribution >= 0.6 is 58.0 Å². The summed E-state index contributed by atoms with van der Waals surface area (Å²) in [7, 11) is 1.32. The minimum absolute atomic E-state index is 0.0350. The Balaban J connectivity index is 1.48. The van der Waals surface area contributed by atoms with E-state index in [0.29, 0.717) is 15.6 Å². The Kier molecular flexibility index (Phi) is 7.99. The first-order chi connectivity index (χ1) is 17.7. The summed E-state index contributed by atoms with van der Waals surface area (Å²) >= 11 is 31.1. The Hall–Kier alpha value is -2.43. The second-order valence-corrected chi connectivity index (χ2v) is 11.1. The van der Waals surface area contributed by atoms with E-state index in [1.54, 1.807) is 12.1 Å². The van der Waals surface area contributed by atoms with Crippen LogP contribution in [0.5, 0.6) is 0 Å². The molecule has 1 aromatic heterocycles. The minimum Gasteiger partial charge on any atom is -0.326 e. The molecule has 2 aromatic carbocycles. The van der Waals surface area contributed by atoms with E-state index in [-0.39, 0.29) is 22.1 Å². The van der Waals surface area contributed by atoms with Crippen molar-refractivity contribution in [3.63, 3.8) is 0 Å². The molecule has 0 spiro atoms. The summed E-state index contributed by atoms with van der Waals surface area (Å²) in [6.07, 6.45) is -3.61. The zero-order valence-electron chi connectivity index (χ0n) is 19.1. The van der Waals surface area contributed by atoms with Gasteiger partial charge in [-0.1, -0.05) is 34.8 Å². The number of hydrogen-bond acceptors (Lipinski definition) is 4. The van der Waals surface area contributed by atoms with E-state index in [1.165, 1.54) is 31.3 Å². The first-order valence-electron chi connectivity index (χ1n) is 10.7. The van der Waals surface area contributed by atoms with Gasteiger partial charge in [-0.05, 0) is 54.1 Å². The van der Waals surface area contributed by atoms with Gasteiger partial charge in [-0.25, -0.2) is 4.98 Å². The molecule has 1 aliphatic rings. The molecule has 1 aliphatic carbocycles. The van der Waals surface area contributed by atoms with Gasteiger partial charge in [-0.3, -0.25) is 20.0 Å². The molecule has 4 rings (SSSR count). The number of carbonyl (C=O) groups is 2. The highest BCUT2D eigenvalue weighted by molar-refractivity contribution is 6.53. The number of hydrazine groups is 1. The number of pyridine rings is 1. The Bertz CT molecular complexity index is 1400. The first kappa shape index (κ1) is 28.6. The summed E-state index contributed by atoms with van der Waals surface area (Å²) in [6, 6.07) is 10.5. The number of rotatable bonds is 6. The molecule has 2 N–H and O–H groups in total. The number of carbonyl (C=O) groups excluding carboxylic acids is 2. The van der Waals surface area contributed by atoms with Gasteiger partial charge in [0, 0.05) is 34.9 Å². The van der Waals surface area contributed by atoms with Crippen LogP contribution in [0.4, 0.5) is 24.7 Å². The van der Waals surface area contributed by atoms with Crippen molar-refractivity contribution in [3.05, 3.63) is 86.5 Å². The third-order valence-corrected chi connectivity index (χ3v) is 7.45. The fourth-order valence-corrected chi connectivity index (χ4v) is 5.44. The van der Waals surface area contributed by atoms with Crippen molar-refractivity contribution in [2.45, 2.75) is 16.4 Å². The fourth-order valence-electron chi connectivity index (χ4n) is 3.87. The molecule has 0 unspecified atom stereocenters. The van der Waals surface area contributed by atoms with E-state index < -0.39 is 39.7 Å². The van der Waals surface area contributed by atoms with Crippen molar-refractivity contribution in [3.8, 4) is 0 Å². The van der Waals surface area contributed by atoms with Gasteiger partial charge < -0.3 is 5.32 Å². The fraction of sp³-hybridized carbons (Fsp3) is 0.208. The average molecular weight is 627 g/mol. The number of nitrogens with one attached hydrogen (secondary N) is 2. The maximum Gasteiger partial charge on any atom is 0.416 e. The van der Waals surface area contributed by atoms with Gasteiger partial charge >= 0.3 is 6.18 Å². The van der Waals surface area contributed by atoms with Gasteiger partial charge in [0.05, 0.1) is 22.1 Å². The second kappa shape index (κ2) is 10.6. The molecule has 1 fully saturated rings. The quantitative estimate of drug-likeness (QED) is 0.221. The van der Waals surface area contributed by atoms with Crippen LogP contribution < -0.4 is 15.8 Å². The molecular formula is C24H16Cl5F3N4O2. The standard InChI is InChI=1S/C24H16Cl5F3N4O2/c1-36(18-8-12(4-5-33-18)24(30,31)32)35-21(37)16-10-15(2-3-17(16)27)34-22(38)20-19(23(20,28)29)11-6-13(25)9-14(26)7-11/h2-10,19-20H,1H3,(H,34,38)(H,35,37)/t19-,20+/m0/s1. The molecule has 2 amide bonds. The summed E-state index contributed by atoms with van der Waals surface area (Å²) in [4.78, 5) is 29.7. The number of hydrogen-bond donors (Lipinski definition) is 2. The van der Waals surface area contributed by atoms with Crippen LogP contribution in [0, 0.1) is 5.92 Å². The van der Waals surface area contributed by atoms with Crippen LogP contribution in [0.1, 0.15) is 27.4 Å². The number of anilines is 2. The van der Waals surface area contributed by atoms with Gasteiger partial charge in [0.15, 0.2) is 0 Å². The van der Waals surface area contributed by atoms with Gasteiger partial charge in [0.25, 0.3) is 5.91 Å². The Morgan fingerprint density at radius 3 is 2.29 bits per heavy atom. The van der Waals surface area contributed by atoms with Crippen molar-refractivity contribution in [1.29, 1.82) is 0 Å². The number of benzene rings is 2. The van der Waals surface area contributed by atoms with E-state index in [9.17, 15) is 22.8 Å². The minimum atomic E-state index is -4.58. The van der Waals surface area contributed by atoms with Crippen LogP contribution in [0.25, 0.3) is 0 Å². The van der Waals surface area contributed by atoms with Crippen molar-refractivity contribution in [1.82, 2.24) is 10.4 Å². The van der Waals surface area contributed by atoms with Crippen LogP contribution in [0.3, 0.4) is 0 Å². The maximum absolute atomic E-state index is 13.0. The van der Waals surface area contributed by atoms with E-state index in [4.69, 9.17) is 58.0 Å². The molecule has 2 atom stereocenters. The maximum atomic E-state index is 13.0. The third kappa shape index (κ3) is 6.07. The van der Waals surface area contributed by atoms with Crippen LogP contribution in [-0.2, 0) is 11.0 Å². The number of alkyl halides is 5. The van der Waals surface area contributed by atoms with E-state index in [0.717, 1.165) is 23.3 Å². The lowest BCUT2D eigenvalue weighted by Gasteiger charge is -2.20. The molecule has 6 nitrogen and oxygen atoms in total. The zero-order valence-corrected chi connectivity index (χ0v) is 22.9. The molecular weight excluding hydrogens is 611 g/mol. The number of halogens is 8. The van der Waals surface area contributed by atoms with E-state index >= 15 is 0 Å². The summed E-state index contributed by atoms with van der Waals surface area (Å²) in [5.41, 5.74) is 2.22. The molecule has 0 bridgehead atoms. The Morgan fingerprint density at radius 1 is 1.00 bits per heavy atom. The highest BCUT2D eigenvalue weighted by Crippen LogP contribution is 2.65.